The minimum atomic E-state index is -4.45. The molecule has 0 amide bonds. The second-order valence-corrected chi connectivity index (χ2v) is 9.47. The third kappa shape index (κ3) is 2.08. The molecule has 0 radical (unpaired) electrons. The van der Waals surface area contributed by atoms with Crippen LogP contribution in [-0.2, 0) is 0 Å². The number of alkyl halides is 3. The number of fused-ring (bicyclic) bond motifs is 1. The highest BCUT2D eigenvalue weighted by Crippen LogP contribution is 2.81. The normalized spacial score (nSPS) is 29.9. The van der Waals surface area contributed by atoms with Crippen LogP contribution in [0.15, 0.2) is 28.0 Å². The van der Waals surface area contributed by atoms with Crippen molar-refractivity contribution in [3.05, 3.63) is 33.7 Å². The van der Waals surface area contributed by atoms with E-state index >= 15 is 0 Å². The number of halogens is 5. The fourth-order valence-corrected chi connectivity index (χ4v) is 6.69. The molecule has 1 heterocycles. The van der Waals surface area contributed by atoms with E-state index in [1.807, 2.05) is 0 Å². The van der Waals surface area contributed by atoms with Gasteiger partial charge in [-0.15, -0.1) is 0 Å². The van der Waals surface area contributed by atoms with Gasteiger partial charge < -0.3 is 0 Å². The zero-order chi connectivity index (χ0) is 14.5. The van der Waals surface area contributed by atoms with Crippen LogP contribution < -0.4 is 0 Å². The zero-order valence-corrected chi connectivity index (χ0v) is 12.8. The maximum absolute atomic E-state index is 13.7. The summed E-state index contributed by atoms with van der Waals surface area (Å²) in [4.78, 5) is 0.530. The molecule has 0 aromatic heterocycles. The summed E-state index contributed by atoms with van der Waals surface area (Å²) in [5, 5.41) is 0.298. The van der Waals surface area contributed by atoms with Gasteiger partial charge in [-0.1, -0.05) is 30.5 Å². The predicted molar refractivity (Wildman–Crippen MR) is 79.2 cm³/mol. The lowest BCUT2D eigenvalue weighted by molar-refractivity contribution is -0.0360. The first kappa shape index (κ1) is 14.6. The van der Waals surface area contributed by atoms with Crippen molar-refractivity contribution in [1.29, 1.82) is 0 Å². The van der Waals surface area contributed by atoms with Crippen LogP contribution in [0.5, 0.6) is 0 Å². The molecule has 20 heavy (non-hydrogen) atoms. The van der Waals surface area contributed by atoms with Gasteiger partial charge in [0, 0.05) is 9.92 Å². The van der Waals surface area contributed by atoms with Gasteiger partial charge in [0.05, 0.1) is 0 Å². The Balaban J connectivity index is 2.16. The summed E-state index contributed by atoms with van der Waals surface area (Å²) in [7, 11) is 2.75. The van der Waals surface area contributed by atoms with Gasteiger partial charge in [0.15, 0.2) is 0 Å². The lowest BCUT2D eigenvalue weighted by Crippen LogP contribution is -2.19. The smallest absolute Gasteiger partial charge is 0.160 e. The van der Waals surface area contributed by atoms with Crippen LogP contribution >= 0.6 is 31.5 Å². The highest BCUT2D eigenvalue weighted by molar-refractivity contribution is 8.54. The summed E-state index contributed by atoms with van der Waals surface area (Å²) < 4.78 is 41.0. The molecule has 0 bridgehead atoms. The van der Waals surface area contributed by atoms with Gasteiger partial charge in [0.1, 0.15) is 0 Å². The van der Waals surface area contributed by atoms with Crippen LogP contribution in [0.1, 0.15) is 31.2 Å². The van der Waals surface area contributed by atoms with Gasteiger partial charge >= 0.3 is 5.51 Å². The monoisotopic (exact) mass is 340 g/mol. The first-order chi connectivity index (χ1) is 9.34. The first-order valence-corrected chi connectivity index (χ1v) is 9.28. The van der Waals surface area contributed by atoms with Crippen LogP contribution in [0.2, 0.25) is 5.02 Å². The Labute approximate surface area is 126 Å². The van der Waals surface area contributed by atoms with Crippen molar-refractivity contribution in [1.82, 2.24) is 0 Å². The molecule has 3 rings (SSSR count). The molecule has 1 aromatic rings. The van der Waals surface area contributed by atoms with Gasteiger partial charge in [0.2, 0.25) is 0 Å². The molecule has 1 aliphatic heterocycles. The van der Waals surface area contributed by atoms with E-state index in [1.165, 1.54) is 6.07 Å². The van der Waals surface area contributed by atoms with Crippen molar-refractivity contribution in [2.24, 2.45) is 5.92 Å². The quantitative estimate of drug-likeness (QED) is 0.532. The highest BCUT2D eigenvalue weighted by atomic mass is 35.7. The first-order valence-electron chi connectivity index (χ1n) is 6.44. The van der Waals surface area contributed by atoms with Crippen molar-refractivity contribution < 1.29 is 13.2 Å². The van der Waals surface area contributed by atoms with E-state index in [4.69, 9.17) is 22.3 Å². The zero-order valence-electron chi connectivity index (χ0n) is 10.5. The molecule has 1 aliphatic carbocycles. The minimum Gasteiger partial charge on any atom is -0.160 e. The predicted octanol–water partition coefficient (Wildman–Crippen LogP) is 6.72. The van der Waals surface area contributed by atoms with E-state index < -0.39 is 14.7 Å². The molecular formula is C14H13Cl2F3S. The van der Waals surface area contributed by atoms with E-state index in [0.717, 1.165) is 25.7 Å². The second kappa shape index (κ2) is 4.85. The topological polar surface area (TPSA) is 0 Å². The molecule has 1 fully saturated rings. The van der Waals surface area contributed by atoms with Gasteiger partial charge in [-0.05, 0) is 67.4 Å². The van der Waals surface area contributed by atoms with Gasteiger partial charge in [-0.3, -0.25) is 0 Å². The van der Waals surface area contributed by atoms with Gasteiger partial charge in [-0.2, -0.15) is 13.2 Å². The van der Waals surface area contributed by atoms with E-state index in [0.29, 0.717) is 15.5 Å². The SMILES string of the molecule is FC(F)(F)S1(Cl)C(C2CCCC2)=Cc2ccc(Cl)cc21. The summed E-state index contributed by atoms with van der Waals surface area (Å²) in [6.45, 7) is 0. The van der Waals surface area contributed by atoms with Crippen LogP contribution in [0.4, 0.5) is 13.2 Å². The van der Waals surface area contributed by atoms with Crippen molar-refractivity contribution >= 4 is 37.6 Å². The summed E-state index contributed by atoms with van der Waals surface area (Å²) in [5.41, 5.74) is -3.88. The third-order valence-corrected chi connectivity index (χ3v) is 8.47. The largest absolute Gasteiger partial charge is 0.445 e. The Hall–Kier alpha value is -0.320. The minimum absolute atomic E-state index is 0.0460. The molecule has 0 spiro atoms. The lowest BCUT2D eigenvalue weighted by Gasteiger charge is -2.36. The molecule has 0 N–H and O–H groups in total. The standard InChI is InChI=1S/C14H13Cl2F3S/c15-11-6-5-10-7-12(9-3-1-2-4-9)20(16,13(10)8-11)14(17,18)19/h5-9H,1-4H2. The molecule has 1 unspecified atom stereocenters. The molecule has 1 aromatic carbocycles. The summed E-state index contributed by atoms with van der Waals surface area (Å²) in [5.74, 6) is -0.0460. The van der Waals surface area contributed by atoms with E-state index in [-0.39, 0.29) is 10.8 Å². The summed E-state index contributed by atoms with van der Waals surface area (Å²) in [6, 6.07) is 4.63. The molecule has 0 saturated heterocycles. The number of rotatable bonds is 1. The Morgan fingerprint density at radius 3 is 2.40 bits per heavy atom. The molecule has 1 atom stereocenters. The Morgan fingerprint density at radius 1 is 1.15 bits per heavy atom. The average Bonchev–Trinajstić information content (AvgIpc) is 2.96. The summed E-state index contributed by atoms with van der Waals surface area (Å²) >= 11 is 5.87. The van der Waals surface area contributed by atoms with Gasteiger partial charge in [0.25, 0.3) is 0 Å². The summed E-state index contributed by atoms with van der Waals surface area (Å²) in [6.07, 6.45) is 5.19. The Kier molecular flexibility index (Phi) is 3.55. The Morgan fingerprint density at radius 2 is 1.80 bits per heavy atom. The van der Waals surface area contributed by atoms with Crippen LogP contribution in [-0.4, -0.2) is 5.51 Å². The molecule has 1 saturated carbocycles. The fourth-order valence-electron chi connectivity index (χ4n) is 3.05. The van der Waals surface area contributed by atoms with Crippen molar-refractivity contribution in [2.75, 3.05) is 0 Å². The average molecular weight is 341 g/mol. The van der Waals surface area contributed by atoms with Crippen LogP contribution in [0, 0.1) is 5.92 Å². The number of benzene rings is 1. The van der Waals surface area contributed by atoms with Crippen LogP contribution in [0.25, 0.3) is 6.08 Å². The number of hydrogen-bond donors (Lipinski definition) is 0. The maximum atomic E-state index is 13.7. The van der Waals surface area contributed by atoms with Crippen LogP contribution in [0.3, 0.4) is 0 Å². The second-order valence-electron chi connectivity index (χ2n) is 5.19. The van der Waals surface area contributed by atoms with Crippen molar-refractivity contribution in [3.8, 4) is 0 Å². The van der Waals surface area contributed by atoms with Crippen molar-refractivity contribution in [2.45, 2.75) is 36.1 Å². The molecular weight excluding hydrogens is 328 g/mol. The molecule has 0 nitrogen and oxygen atoms in total. The van der Waals surface area contributed by atoms with Gasteiger partial charge in [-0.25, -0.2) is 0 Å². The number of allylic oxidation sites excluding steroid dienone is 1. The lowest BCUT2D eigenvalue weighted by atomic mass is 10.1. The van der Waals surface area contributed by atoms with E-state index in [9.17, 15) is 13.2 Å². The number of hydrogen-bond acceptors (Lipinski definition) is 0. The molecule has 2 aliphatic rings. The molecule has 110 valence electrons. The van der Waals surface area contributed by atoms with E-state index in [2.05, 4.69) is 0 Å². The Bertz CT molecular complexity index is 576. The fraction of sp³-hybridized carbons (Fsp3) is 0.429. The molecule has 6 heteroatoms. The van der Waals surface area contributed by atoms with E-state index in [1.54, 1.807) is 18.2 Å². The maximum Gasteiger partial charge on any atom is 0.445 e. The van der Waals surface area contributed by atoms with Crippen molar-refractivity contribution in [3.63, 3.8) is 0 Å². The highest BCUT2D eigenvalue weighted by Gasteiger charge is 2.57. The third-order valence-electron chi connectivity index (χ3n) is 3.98.